The second kappa shape index (κ2) is 7.29. The molecule has 0 spiro atoms. The number of hydrogen-bond donors (Lipinski definition) is 1. The largest absolute Gasteiger partial charge is 0.497 e. The van der Waals surface area contributed by atoms with Crippen LogP contribution in [-0.4, -0.2) is 32.8 Å². The van der Waals surface area contributed by atoms with Gasteiger partial charge in [0, 0.05) is 13.1 Å². The van der Waals surface area contributed by atoms with Gasteiger partial charge in [-0.2, -0.15) is 0 Å². The first-order valence-electron chi connectivity index (χ1n) is 7.27. The van der Waals surface area contributed by atoms with E-state index in [1.165, 1.54) is 11.1 Å². The second-order valence-corrected chi connectivity index (χ2v) is 5.06. The van der Waals surface area contributed by atoms with E-state index in [-0.39, 0.29) is 5.97 Å². The molecule has 0 aromatic heterocycles. The molecular formula is C16H23NO3. The first-order chi connectivity index (χ1) is 9.74. The summed E-state index contributed by atoms with van der Waals surface area (Å²) in [5, 5.41) is 3.35. The van der Waals surface area contributed by atoms with Crippen molar-refractivity contribution >= 4 is 5.97 Å². The van der Waals surface area contributed by atoms with Crippen molar-refractivity contribution in [1.82, 2.24) is 5.32 Å². The highest BCUT2D eigenvalue weighted by atomic mass is 16.5. The molecule has 1 aromatic carbocycles. The summed E-state index contributed by atoms with van der Waals surface area (Å²) in [5.74, 6) is 1.30. The number of hydrogen-bond acceptors (Lipinski definition) is 4. The third kappa shape index (κ3) is 3.73. The molecule has 1 N–H and O–H groups in total. The molecule has 20 heavy (non-hydrogen) atoms. The number of esters is 1. The van der Waals surface area contributed by atoms with E-state index in [9.17, 15) is 4.79 Å². The van der Waals surface area contributed by atoms with Gasteiger partial charge in [0.15, 0.2) is 0 Å². The number of methoxy groups -OCH3 is 1. The quantitative estimate of drug-likeness (QED) is 0.613. The molecule has 0 heterocycles. The topological polar surface area (TPSA) is 47.6 Å². The van der Waals surface area contributed by atoms with Crippen LogP contribution in [0.2, 0.25) is 0 Å². The van der Waals surface area contributed by atoms with E-state index >= 15 is 0 Å². The van der Waals surface area contributed by atoms with Crippen molar-refractivity contribution in [2.24, 2.45) is 0 Å². The number of carbonyl (C=O) groups excluding carboxylic acids is 1. The highest BCUT2D eigenvalue weighted by molar-refractivity contribution is 5.69. The molecule has 0 amide bonds. The Bertz CT molecular complexity index is 459. The van der Waals surface area contributed by atoms with Gasteiger partial charge in [-0.05, 0) is 48.9 Å². The van der Waals surface area contributed by atoms with Crippen LogP contribution in [0.4, 0.5) is 0 Å². The van der Waals surface area contributed by atoms with Gasteiger partial charge in [0.05, 0.1) is 20.1 Å². The van der Waals surface area contributed by atoms with Crippen LogP contribution in [0, 0.1) is 0 Å². The predicted molar refractivity (Wildman–Crippen MR) is 78.2 cm³/mol. The average molecular weight is 277 g/mol. The summed E-state index contributed by atoms with van der Waals surface area (Å²) in [4.78, 5) is 11.2. The summed E-state index contributed by atoms with van der Waals surface area (Å²) in [5.41, 5.74) is 2.80. The molecule has 1 atom stereocenters. The smallest absolute Gasteiger partial charge is 0.307 e. The van der Waals surface area contributed by atoms with E-state index in [1.807, 2.05) is 13.0 Å². The Morgan fingerprint density at radius 1 is 1.45 bits per heavy atom. The number of benzene rings is 1. The van der Waals surface area contributed by atoms with Crippen molar-refractivity contribution in [2.75, 3.05) is 26.8 Å². The first-order valence-corrected chi connectivity index (χ1v) is 7.27. The maximum Gasteiger partial charge on any atom is 0.307 e. The summed E-state index contributed by atoms with van der Waals surface area (Å²) >= 11 is 0. The summed E-state index contributed by atoms with van der Waals surface area (Å²) in [7, 11) is 1.70. The maximum absolute atomic E-state index is 11.2. The second-order valence-electron chi connectivity index (χ2n) is 5.06. The summed E-state index contributed by atoms with van der Waals surface area (Å²) in [6.45, 7) is 3.86. The molecule has 110 valence electrons. The van der Waals surface area contributed by atoms with Crippen LogP contribution in [0.25, 0.3) is 0 Å². The third-order valence-electron chi connectivity index (χ3n) is 3.76. The van der Waals surface area contributed by atoms with Crippen LogP contribution < -0.4 is 10.1 Å². The van der Waals surface area contributed by atoms with E-state index < -0.39 is 0 Å². The molecule has 1 aromatic rings. The molecule has 1 aliphatic rings. The molecule has 0 saturated heterocycles. The summed E-state index contributed by atoms with van der Waals surface area (Å²) in [6, 6.07) is 6.32. The molecule has 0 aliphatic heterocycles. The monoisotopic (exact) mass is 277 g/mol. The maximum atomic E-state index is 11.2. The minimum Gasteiger partial charge on any atom is -0.497 e. The predicted octanol–water partition coefficient (Wildman–Crippen LogP) is 2.27. The van der Waals surface area contributed by atoms with Gasteiger partial charge in [0.25, 0.3) is 0 Å². The highest BCUT2D eigenvalue weighted by Gasteiger charge is 2.22. The zero-order valence-corrected chi connectivity index (χ0v) is 12.3. The Hall–Kier alpha value is -1.55. The minimum atomic E-state index is -0.131. The Morgan fingerprint density at radius 2 is 2.30 bits per heavy atom. The lowest BCUT2D eigenvalue weighted by molar-refractivity contribution is -0.142. The lowest BCUT2D eigenvalue weighted by Gasteiger charge is -2.13. The normalized spacial score (nSPS) is 16.8. The third-order valence-corrected chi connectivity index (χ3v) is 3.76. The first kappa shape index (κ1) is 14.9. The standard InChI is InChI=1S/C16H23NO3/c1-3-20-16(18)8-9-17-11-13-5-4-12-6-7-14(19-2)10-15(12)13/h6-7,10,13,17H,3-5,8-9,11H2,1-2H3. The van der Waals surface area contributed by atoms with Gasteiger partial charge in [0.1, 0.15) is 5.75 Å². The number of carbonyl (C=O) groups is 1. The Morgan fingerprint density at radius 3 is 3.05 bits per heavy atom. The molecule has 0 bridgehead atoms. The van der Waals surface area contributed by atoms with Crippen LogP contribution in [0.1, 0.15) is 36.8 Å². The van der Waals surface area contributed by atoms with Gasteiger partial charge in [-0.1, -0.05) is 6.07 Å². The molecule has 2 rings (SSSR count). The number of ether oxygens (including phenoxy) is 2. The van der Waals surface area contributed by atoms with Crippen molar-refractivity contribution in [3.05, 3.63) is 29.3 Å². The fourth-order valence-corrected chi connectivity index (χ4v) is 2.70. The van der Waals surface area contributed by atoms with Crippen LogP contribution in [-0.2, 0) is 16.0 Å². The van der Waals surface area contributed by atoms with Gasteiger partial charge in [-0.15, -0.1) is 0 Å². The van der Waals surface area contributed by atoms with Gasteiger partial charge in [0.2, 0.25) is 0 Å². The number of aryl methyl sites for hydroxylation is 1. The van der Waals surface area contributed by atoms with Crippen molar-refractivity contribution < 1.29 is 14.3 Å². The van der Waals surface area contributed by atoms with Crippen LogP contribution in [0.3, 0.4) is 0 Å². The molecule has 1 unspecified atom stereocenters. The van der Waals surface area contributed by atoms with Crippen molar-refractivity contribution in [2.45, 2.75) is 32.1 Å². The van der Waals surface area contributed by atoms with Crippen LogP contribution in [0.15, 0.2) is 18.2 Å². The zero-order valence-electron chi connectivity index (χ0n) is 12.3. The molecule has 4 nitrogen and oxygen atoms in total. The van der Waals surface area contributed by atoms with Gasteiger partial charge in [-0.3, -0.25) is 4.79 Å². The lowest BCUT2D eigenvalue weighted by atomic mass is 10.0. The van der Waals surface area contributed by atoms with E-state index in [1.54, 1.807) is 7.11 Å². The Labute approximate surface area is 120 Å². The number of fused-ring (bicyclic) bond motifs is 1. The van der Waals surface area contributed by atoms with Crippen molar-refractivity contribution in [3.8, 4) is 5.75 Å². The van der Waals surface area contributed by atoms with Crippen molar-refractivity contribution in [1.29, 1.82) is 0 Å². The Balaban J connectivity index is 1.80. The summed E-state index contributed by atoms with van der Waals surface area (Å²) < 4.78 is 10.2. The molecular weight excluding hydrogens is 254 g/mol. The van der Waals surface area contributed by atoms with Gasteiger partial charge >= 0.3 is 5.97 Å². The highest BCUT2D eigenvalue weighted by Crippen LogP contribution is 2.34. The van der Waals surface area contributed by atoms with Gasteiger partial charge in [-0.25, -0.2) is 0 Å². The lowest BCUT2D eigenvalue weighted by Crippen LogP contribution is -2.24. The fraction of sp³-hybridized carbons (Fsp3) is 0.562. The number of nitrogens with one attached hydrogen (secondary N) is 1. The SMILES string of the molecule is CCOC(=O)CCNCC1CCc2ccc(OC)cc21. The minimum absolute atomic E-state index is 0.131. The van der Waals surface area contributed by atoms with E-state index in [0.29, 0.717) is 25.5 Å². The van der Waals surface area contributed by atoms with Gasteiger partial charge < -0.3 is 14.8 Å². The van der Waals surface area contributed by atoms with E-state index in [0.717, 1.165) is 25.1 Å². The number of rotatable bonds is 7. The zero-order chi connectivity index (χ0) is 14.4. The molecule has 0 saturated carbocycles. The fourth-order valence-electron chi connectivity index (χ4n) is 2.70. The molecule has 0 radical (unpaired) electrons. The molecule has 0 fully saturated rings. The Kier molecular flexibility index (Phi) is 5.41. The molecule has 1 aliphatic carbocycles. The van der Waals surface area contributed by atoms with Crippen molar-refractivity contribution in [3.63, 3.8) is 0 Å². The van der Waals surface area contributed by atoms with E-state index in [2.05, 4.69) is 17.4 Å². The van der Waals surface area contributed by atoms with Crippen LogP contribution in [0.5, 0.6) is 5.75 Å². The average Bonchev–Trinajstić information content (AvgIpc) is 2.86. The van der Waals surface area contributed by atoms with Crippen LogP contribution >= 0.6 is 0 Å². The molecule has 4 heteroatoms. The summed E-state index contributed by atoms with van der Waals surface area (Å²) in [6.07, 6.45) is 2.73. The van der Waals surface area contributed by atoms with E-state index in [4.69, 9.17) is 9.47 Å².